The van der Waals surface area contributed by atoms with Gasteiger partial charge in [-0.25, -0.2) is 4.79 Å². The Kier molecular flexibility index (Phi) is 3.46. The standard InChI is InChI=1S/C12H10INO3/c1-2-17-12(16)9-6-7-5-8(13)3-4-10(7)14-11(9)15/h3-6H,2H2,1H3,(H,14,15). The van der Waals surface area contributed by atoms with E-state index in [4.69, 9.17) is 4.74 Å². The zero-order chi connectivity index (χ0) is 12.4. The molecule has 0 saturated carbocycles. The van der Waals surface area contributed by atoms with Crippen LogP contribution in [0.4, 0.5) is 0 Å². The van der Waals surface area contributed by atoms with Crippen LogP contribution in [0, 0.1) is 3.57 Å². The predicted octanol–water partition coefficient (Wildman–Crippen LogP) is 2.31. The molecule has 0 aliphatic carbocycles. The lowest BCUT2D eigenvalue weighted by molar-refractivity contribution is 0.0524. The van der Waals surface area contributed by atoms with E-state index in [9.17, 15) is 9.59 Å². The highest BCUT2D eigenvalue weighted by Crippen LogP contribution is 2.15. The summed E-state index contributed by atoms with van der Waals surface area (Å²) in [7, 11) is 0. The average molecular weight is 343 g/mol. The molecule has 0 radical (unpaired) electrons. The zero-order valence-corrected chi connectivity index (χ0v) is 11.3. The van der Waals surface area contributed by atoms with E-state index in [0.717, 1.165) is 8.96 Å². The van der Waals surface area contributed by atoms with Crippen LogP contribution in [0.15, 0.2) is 29.1 Å². The van der Waals surface area contributed by atoms with Gasteiger partial charge < -0.3 is 9.72 Å². The van der Waals surface area contributed by atoms with Gasteiger partial charge in [0, 0.05) is 14.5 Å². The SMILES string of the molecule is CCOC(=O)c1cc2cc(I)ccc2[nH]c1=O. The highest BCUT2D eigenvalue weighted by atomic mass is 127. The summed E-state index contributed by atoms with van der Waals surface area (Å²) in [5.74, 6) is -0.588. The number of H-pyrrole nitrogens is 1. The molecule has 0 bridgehead atoms. The third-order valence-electron chi connectivity index (χ3n) is 2.30. The van der Waals surface area contributed by atoms with E-state index in [1.54, 1.807) is 13.0 Å². The molecule has 0 aliphatic heterocycles. The maximum absolute atomic E-state index is 11.7. The van der Waals surface area contributed by atoms with Crippen molar-refractivity contribution < 1.29 is 9.53 Å². The van der Waals surface area contributed by atoms with Gasteiger partial charge in [-0.15, -0.1) is 0 Å². The van der Waals surface area contributed by atoms with Crippen molar-refractivity contribution in [3.05, 3.63) is 43.8 Å². The van der Waals surface area contributed by atoms with Crippen molar-refractivity contribution in [2.24, 2.45) is 0 Å². The van der Waals surface area contributed by atoms with Gasteiger partial charge >= 0.3 is 5.97 Å². The van der Waals surface area contributed by atoms with Gasteiger partial charge in [0.15, 0.2) is 0 Å². The quantitative estimate of drug-likeness (QED) is 0.673. The second-order valence-corrected chi connectivity index (χ2v) is 4.71. The minimum atomic E-state index is -0.588. The van der Waals surface area contributed by atoms with Gasteiger partial charge in [0.1, 0.15) is 5.56 Å². The molecule has 0 aliphatic rings. The number of esters is 1. The maximum atomic E-state index is 11.7. The van der Waals surface area contributed by atoms with Crippen LogP contribution in [0.25, 0.3) is 10.9 Å². The third-order valence-corrected chi connectivity index (χ3v) is 2.97. The van der Waals surface area contributed by atoms with Gasteiger partial charge in [0.2, 0.25) is 0 Å². The van der Waals surface area contributed by atoms with E-state index in [1.165, 1.54) is 0 Å². The van der Waals surface area contributed by atoms with Crippen LogP contribution in [0.1, 0.15) is 17.3 Å². The zero-order valence-electron chi connectivity index (χ0n) is 9.12. The Morgan fingerprint density at radius 2 is 2.18 bits per heavy atom. The summed E-state index contributed by atoms with van der Waals surface area (Å²) in [6.45, 7) is 1.96. The van der Waals surface area contributed by atoms with E-state index in [-0.39, 0.29) is 12.2 Å². The number of hydrogen-bond donors (Lipinski definition) is 1. The van der Waals surface area contributed by atoms with Crippen molar-refractivity contribution in [3.8, 4) is 0 Å². The van der Waals surface area contributed by atoms with Crippen LogP contribution in [-0.4, -0.2) is 17.6 Å². The maximum Gasteiger partial charge on any atom is 0.343 e. The summed E-state index contributed by atoms with van der Waals surface area (Å²) < 4.78 is 5.87. The predicted molar refractivity (Wildman–Crippen MR) is 73.2 cm³/mol. The van der Waals surface area contributed by atoms with E-state index in [2.05, 4.69) is 27.6 Å². The monoisotopic (exact) mass is 343 g/mol. The number of fused-ring (bicyclic) bond motifs is 1. The molecule has 0 unspecified atom stereocenters. The molecule has 0 spiro atoms. The molecule has 0 fully saturated rings. The first-order valence-corrected chi connectivity index (χ1v) is 6.19. The molecule has 4 nitrogen and oxygen atoms in total. The Labute approximate surface area is 111 Å². The Hall–Kier alpha value is -1.37. The second-order valence-electron chi connectivity index (χ2n) is 3.46. The number of aromatic nitrogens is 1. The van der Waals surface area contributed by atoms with Crippen molar-refractivity contribution in [2.45, 2.75) is 6.92 Å². The molecule has 0 saturated heterocycles. The molecule has 17 heavy (non-hydrogen) atoms. The molecule has 88 valence electrons. The molecule has 0 atom stereocenters. The fourth-order valence-corrected chi connectivity index (χ4v) is 2.05. The number of halogens is 1. The van der Waals surface area contributed by atoms with Crippen molar-refractivity contribution in [1.82, 2.24) is 4.98 Å². The lowest BCUT2D eigenvalue weighted by atomic mass is 10.1. The summed E-state index contributed by atoms with van der Waals surface area (Å²) in [4.78, 5) is 25.9. The smallest absolute Gasteiger partial charge is 0.343 e. The minimum absolute atomic E-state index is 0.0429. The van der Waals surface area contributed by atoms with Crippen LogP contribution in [0.5, 0.6) is 0 Å². The first kappa shape index (κ1) is 12.1. The number of carbonyl (C=O) groups excluding carboxylic acids is 1. The van der Waals surface area contributed by atoms with E-state index in [0.29, 0.717) is 5.52 Å². The van der Waals surface area contributed by atoms with Gasteiger partial charge in [-0.3, -0.25) is 4.79 Å². The topological polar surface area (TPSA) is 59.2 Å². The minimum Gasteiger partial charge on any atom is -0.462 e. The number of benzene rings is 1. The molecule has 0 amide bonds. The molecule has 5 heteroatoms. The summed E-state index contributed by atoms with van der Waals surface area (Å²) >= 11 is 2.17. The summed E-state index contributed by atoms with van der Waals surface area (Å²) in [5.41, 5.74) is 0.335. The fraction of sp³-hybridized carbons (Fsp3) is 0.167. The largest absolute Gasteiger partial charge is 0.462 e. The summed E-state index contributed by atoms with van der Waals surface area (Å²) in [6, 6.07) is 7.17. The van der Waals surface area contributed by atoms with Gasteiger partial charge in [-0.2, -0.15) is 0 Å². The van der Waals surface area contributed by atoms with Crippen LogP contribution < -0.4 is 5.56 Å². The molecule has 1 aromatic heterocycles. The van der Waals surface area contributed by atoms with Crippen LogP contribution in [0.2, 0.25) is 0 Å². The molecule has 1 heterocycles. The lowest BCUT2D eigenvalue weighted by Crippen LogP contribution is -2.19. The average Bonchev–Trinajstić information content (AvgIpc) is 2.29. The third kappa shape index (κ3) is 2.49. The molecular formula is C12H10INO3. The van der Waals surface area contributed by atoms with Crippen LogP contribution >= 0.6 is 22.6 Å². The summed E-state index contributed by atoms with van der Waals surface area (Å²) in [6.07, 6.45) is 0. The Bertz CT molecular complexity index is 633. The second kappa shape index (κ2) is 4.87. The number of rotatable bonds is 2. The first-order valence-electron chi connectivity index (χ1n) is 5.11. The van der Waals surface area contributed by atoms with Crippen molar-refractivity contribution >= 4 is 39.5 Å². The highest BCUT2D eigenvalue weighted by molar-refractivity contribution is 14.1. The van der Waals surface area contributed by atoms with Crippen molar-refractivity contribution in [1.29, 1.82) is 0 Å². The van der Waals surface area contributed by atoms with Gasteiger partial charge in [-0.05, 0) is 53.8 Å². The molecule has 1 N–H and O–H groups in total. The number of carbonyl (C=O) groups is 1. The van der Waals surface area contributed by atoms with Crippen molar-refractivity contribution in [3.63, 3.8) is 0 Å². The van der Waals surface area contributed by atoms with Crippen molar-refractivity contribution in [2.75, 3.05) is 6.61 Å². The normalized spacial score (nSPS) is 10.5. The molecule has 2 aromatic rings. The fourth-order valence-electron chi connectivity index (χ4n) is 1.54. The van der Waals surface area contributed by atoms with Crippen LogP contribution in [0.3, 0.4) is 0 Å². The number of pyridine rings is 1. The van der Waals surface area contributed by atoms with Crippen LogP contribution in [-0.2, 0) is 4.74 Å². The Morgan fingerprint density at radius 1 is 1.41 bits per heavy atom. The molecule has 2 rings (SSSR count). The van der Waals surface area contributed by atoms with E-state index < -0.39 is 11.5 Å². The number of hydrogen-bond acceptors (Lipinski definition) is 3. The highest BCUT2D eigenvalue weighted by Gasteiger charge is 2.12. The number of ether oxygens (including phenoxy) is 1. The van der Waals surface area contributed by atoms with Gasteiger partial charge in [0.05, 0.1) is 6.61 Å². The number of aromatic amines is 1. The first-order chi connectivity index (χ1) is 8.11. The van der Waals surface area contributed by atoms with Gasteiger partial charge in [0.25, 0.3) is 5.56 Å². The Balaban J connectivity index is 2.61. The number of nitrogens with one attached hydrogen (secondary N) is 1. The molecule has 1 aromatic carbocycles. The lowest BCUT2D eigenvalue weighted by Gasteiger charge is -2.03. The summed E-state index contributed by atoms with van der Waals surface area (Å²) in [5, 5.41) is 0.819. The molecular weight excluding hydrogens is 333 g/mol. The Morgan fingerprint density at radius 3 is 2.88 bits per heavy atom. The van der Waals surface area contributed by atoms with Gasteiger partial charge in [-0.1, -0.05) is 0 Å². The van der Waals surface area contributed by atoms with E-state index >= 15 is 0 Å². The van der Waals surface area contributed by atoms with E-state index in [1.807, 2.05) is 18.2 Å².